The molecule has 1 aliphatic rings. The third kappa shape index (κ3) is 139. The molecule has 0 bridgehead atoms. The molecule has 2 rings (SSSR count). The van der Waals surface area contributed by atoms with Gasteiger partial charge in [0.05, 0.1) is 6.10 Å². The van der Waals surface area contributed by atoms with Gasteiger partial charge in [0.15, 0.2) is 5.78 Å². The van der Waals surface area contributed by atoms with Crippen LogP contribution < -0.4 is 16.0 Å². The molecule has 1 aromatic heterocycles. The summed E-state index contributed by atoms with van der Waals surface area (Å²) in [6.45, 7) is 39.3. The van der Waals surface area contributed by atoms with Gasteiger partial charge in [-0.3, -0.25) is 19.2 Å². The number of aryl methyl sites for hydroxylation is 1. The van der Waals surface area contributed by atoms with E-state index in [-0.39, 0.29) is 115 Å². The Morgan fingerprint density at radius 1 is 0.696 bits per heavy atom. The van der Waals surface area contributed by atoms with Gasteiger partial charge in [-0.15, -0.1) is 0 Å². The molecule has 2 amide bonds. The number of rotatable bonds is 13. The van der Waals surface area contributed by atoms with Gasteiger partial charge in [0, 0.05) is 59.0 Å². The lowest BCUT2D eigenvalue weighted by molar-refractivity contribution is -0.121. The van der Waals surface area contributed by atoms with Crippen LogP contribution in [0.15, 0.2) is 24.3 Å². The van der Waals surface area contributed by atoms with Crippen LogP contribution in [0.2, 0.25) is 0 Å². The van der Waals surface area contributed by atoms with Crippen molar-refractivity contribution in [1.29, 1.82) is 0 Å². The van der Waals surface area contributed by atoms with Gasteiger partial charge in [0.1, 0.15) is 18.2 Å². The van der Waals surface area contributed by atoms with Crippen LogP contribution in [0.3, 0.4) is 0 Å². The Morgan fingerprint density at radius 2 is 1.06 bits per heavy atom. The average molecular weight is 1000 g/mol. The maximum absolute atomic E-state index is 10.4. The third-order valence-corrected chi connectivity index (χ3v) is 6.38. The summed E-state index contributed by atoms with van der Waals surface area (Å²) in [5.74, 6) is 4.06. The van der Waals surface area contributed by atoms with Crippen LogP contribution in [-0.4, -0.2) is 92.9 Å². The maximum Gasteiger partial charge on any atom is 0.242 e. The normalized spacial score (nSPS) is 11.6. The van der Waals surface area contributed by atoms with Gasteiger partial charge < -0.3 is 30.6 Å². The van der Waals surface area contributed by atoms with E-state index in [2.05, 4.69) is 102 Å². The minimum atomic E-state index is -0.102. The van der Waals surface area contributed by atoms with Gasteiger partial charge in [-0.2, -0.15) is 0 Å². The van der Waals surface area contributed by atoms with Gasteiger partial charge in [0.25, 0.3) is 0 Å². The Balaban J connectivity index is -0.0000000323. The van der Waals surface area contributed by atoms with E-state index in [1.165, 1.54) is 27.9 Å². The van der Waals surface area contributed by atoms with Crippen LogP contribution in [0.25, 0.3) is 0 Å². The van der Waals surface area contributed by atoms with Gasteiger partial charge in [0.2, 0.25) is 17.8 Å². The molecule has 0 radical (unpaired) electrons. The standard InChI is InChI=1S/C6H10O.2C6H12.2C5H11NO.C5H12O.C5H10O.C4H9N5.C4H8O2.9CH4/c1-4-3-6(4)5(2)7;2*1-4-5-6(2)3;2*1-4(2)6-5(3)7;2*1-3-4-5(2)6;1-3-5-4-6-7-8-9(4)2;1-4(5)3-6-2;;;;;;;;;/h4,6H,3H2,1-2H3;2*4-6H,1-3H3;2*4H,1-3H3,(H,6,7);5-6H,3-4H2,1-2H3;3-4H2,1-2H3;3H2,1-2H3,(H,5,6,8);3H2,1-2H3;9*1H4. The molecule has 1 aromatic rings. The van der Waals surface area contributed by atoms with E-state index in [1.54, 1.807) is 25.6 Å². The Morgan fingerprint density at radius 3 is 1.12 bits per heavy atom. The molecule has 0 aliphatic heterocycles. The summed E-state index contributed by atoms with van der Waals surface area (Å²) in [5, 5.41) is 27.6. The Hall–Kier alpha value is -3.78. The van der Waals surface area contributed by atoms with E-state index in [0.717, 1.165) is 50.5 Å². The van der Waals surface area contributed by atoms with Crippen molar-refractivity contribution in [3.8, 4) is 0 Å². The van der Waals surface area contributed by atoms with Crippen molar-refractivity contribution in [2.24, 2.45) is 30.7 Å². The van der Waals surface area contributed by atoms with Crippen LogP contribution >= 0.6 is 0 Å². The fourth-order valence-corrected chi connectivity index (χ4v) is 3.98. The number of hydrogen-bond donors (Lipinski definition) is 4. The highest BCUT2D eigenvalue weighted by molar-refractivity contribution is 5.81. The Labute approximate surface area is 434 Å². The highest BCUT2D eigenvalue weighted by Gasteiger charge is 2.36. The molecule has 3 atom stereocenters. The molecule has 1 fully saturated rings. The summed E-state index contributed by atoms with van der Waals surface area (Å²) >= 11 is 0. The number of aliphatic hydroxyl groups is 1. The number of carbonyl (C=O) groups is 5. The van der Waals surface area contributed by atoms with Crippen molar-refractivity contribution in [2.45, 2.75) is 256 Å². The number of aliphatic hydroxyl groups excluding tert-OH is 1. The van der Waals surface area contributed by atoms with Gasteiger partial charge in [-0.25, -0.2) is 4.68 Å². The minimum Gasteiger partial charge on any atom is -0.393 e. The summed E-state index contributed by atoms with van der Waals surface area (Å²) in [6.07, 6.45) is 13.2. The second-order valence-electron chi connectivity index (χ2n) is 15.6. The fraction of sp³-hybridized carbons (Fsp3) is 0.818. The van der Waals surface area contributed by atoms with Crippen molar-refractivity contribution in [2.75, 3.05) is 25.6 Å². The quantitative estimate of drug-likeness (QED) is 0.137. The Bertz CT molecular complexity index is 1150. The SMILES string of the molecule is C.C.C.C.C.C.C.C.C.CC(=O)C1CC1C.CC(=O)NC(C)C.CC(=O)NC(C)C.CC=CC(C)C.CC=CC(C)C.CCCC(C)=O.CCCC(C)O.CCNc1nnnn1C.COCC(C)=O. The molecule has 1 aliphatic carbocycles. The van der Waals surface area contributed by atoms with E-state index in [4.69, 9.17) is 5.11 Å². The summed E-state index contributed by atoms with van der Waals surface area (Å²) in [5.41, 5.74) is 0. The zero-order valence-electron chi connectivity index (χ0n) is 42.5. The first kappa shape index (κ1) is 111. The molecule has 3 unspecified atom stereocenters. The molecule has 0 saturated heterocycles. The number of methoxy groups -OCH3 is 1. The first-order chi connectivity index (χ1) is 27.7. The van der Waals surface area contributed by atoms with Crippen molar-refractivity contribution >= 4 is 35.1 Å². The van der Waals surface area contributed by atoms with Crippen molar-refractivity contribution in [1.82, 2.24) is 30.8 Å². The molecule has 14 heteroatoms. The molecule has 14 nitrogen and oxygen atoms in total. The number of nitrogens with one attached hydrogen (secondary N) is 3. The monoisotopic (exact) mass is 1000 g/mol. The first-order valence-electron chi connectivity index (χ1n) is 21.6. The lowest BCUT2D eigenvalue weighted by Crippen LogP contribution is -2.27. The van der Waals surface area contributed by atoms with Crippen LogP contribution in [0.1, 0.15) is 237 Å². The molecular weight excluding hydrogens is 871 g/mol. The van der Waals surface area contributed by atoms with E-state index in [0.29, 0.717) is 23.6 Å². The van der Waals surface area contributed by atoms with Crippen LogP contribution in [0.4, 0.5) is 5.95 Å². The number of Topliss-reactive ketones (excluding diaryl/α,β-unsaturated/α-hetero) is 3. The molecule has 4 N–H and O–H groups in total. The second-order valence-corrected chi connectivity index (χ2v) is 15.6. The fourth-order valence-electron chi connectivity index (χ4n) is 3.98. The number of anilines is 1. The number of allylic oxidation sites excluding steroid dienone is 4. The van der Waals surface area contributed by atoms with E-state index in [1.807, 2.05) is 62.3 Å². The van der Waals surface area contributed by atoms with E-state index in [9.17, 15) is 24.0 Å². The summed E-state index contributed by atoms with van der Waals surface area (Å²) in [6, 6.07) is 0.551. The second kappa shape index (κ2) is 81.2. The van der Waals surface area contributed by atoms with Crippen LogP contribution in [-0.2, 0) is 35.8 Å². The predicted octanol–water partition coefficient (Wildman–Crippen LogP) is 14.9. The number of amides is 2. The maximum atomic E-state index is 10.4. The number of ether oxygens (including phenoxy) is 1. The van der Waals surface area contributed by atoms with Crippen LogP contribution in [0.5, 0.6) is 0 Å². The van der Waals surface area contributed by atoms with Gasteiger partial charge in [-0.05, 0) is 124 Å². The summed E-state index contributed by atoms with van der Waals surface area (Å²) in [7, 11) is 3.29. The lowest BCUT2D eigenvalue weighted by Gasteiger charge is -2.02. The molecule has 1 saturated carbocycles. The molecule has 428 valence electrons. The van der Waals surface area contributed by atoms with Crippen LogP contribution in [0, 0.1) is 23.7 Å². The molecule has 0 spiro atoms. The number of hydrogen-bond acceptors (Lipinski definition) is 11. The topological polar surface area (TPSA) is 194 Å². The number of ketones is 3. The molecule has 0 aromatic carbocycles. The minimum absolute atomic E-state index is 0. The van der Waals surface area contributed by atoms with Crippen molar-refractivity contribution in [3.05, 3.63) is 24.3 Å². The zero-order valence-corrected chi connectivity index (χ0v) is 42.5. The molecular formula is C55H131N7O7. The van der Waals surface area contributed by atoms with Crippen molar-refractivity contribution < 1.29 is 33.8 Å². The number of tetrazole rings is 1. The third-order valence-electron chi connectivity index (χ3n) is 6.38. The van der Waals surface area contributed by atoms with E-state index < -0.39 is 0 Å². The lowest BCUT2D eigenvalue weighted by atomic mass is 10.2. The smallest absolute Gasteiger partial charge is 0.242 e. The highest BCUT2D eigenvalue weighted by atomic mass is 16.5. The summed E-state index contributed by atoms with van der Waals surface area (Å²) in [4.78, 5) is 50.7. The first-order valence-corrected chi connectivity index (χ1v) is 21.6. The average Bonchev–Trinajstić information content (AvgIpc) is 3.69. The predicted molar refractivity (Wildman–Crippen MR) is 313 cm³/mol. The number of carbonyl (C=O) groups excluding carboxylic acids is 5. The highest BCUT2D eigenvalue weighted by Crippen LogP contribution is 2.37. The van der Waals surface area contributed by atoms with E-state index >= 15 is 0 Å². The summed E-state index contributed by atoms with van der Waals surface area (Å²) < 4.78 is 6.04. The molecule has 1 heterocycles. The number of aromatic nitrogens is 4. The largest absolute Gasteiger partial charge is 0.393 e. The Kier molecular flexibility index (Phi) is 131. The molecule has 69 heavy (non-hydrogen) atoms. The van der Waals surface area contributed by atoms with Gasteiger partial charge in [-0.1, -0.05) is 151 Å². The van der Waals surface area contributed by atoms with Gasteiger partial charge >= 0.3 is 0 Å². The number of nitrogens with zero attached hydrogens (tertiary/aromatic N) is 4. The zero-order chi connectivity index (χ0) is 48.8. The van der Waals surface area contributed by atoms with Crippen molar-refractivity contribution in [3.63, 3.8) is 0 Å².